The highest BCUT2D eigenvalue weighted by Gasteiger charge is 2.22. The second-order valence-electron chi connectivity index (χ2n) is 4.38. The smallest absolute Gasteiger partial charge is 0.324 e. The first-order chi connectivity index (χ1) is 9.99. The van der Waals surface area contributed by atoms with E-state index in [4.69, 9.17) is 9.47 Å². The number of rotatable bonds is 8. The molecular formula is C14H19NO5S. The lowest BCUT2D eigenvalue weighted by Crippen LogP contribution is -2.20. The molecule has 0 aliphatic rings. The van der Waals surface area contributed by atoms with Crippen molar-refractivity contribution in [1.82, 2.24) is 0 Å². The van der Waals surface area contributed by atoms with Crippen molar-refractivity contribution in [1.29, 1.82) is 0 Å². The Bertz CT molecular complexity index is 506. The van der Waals surface area contributed by atoms with Gasteiger partial charge in [0.05, 0.1) is 18.1 Å². The molecule has 0 aromatic heterocycles. The summed E-state index contributed by atoms with van der Waals surface area (Å²) in [5, 5.41) is 10.6. The van der Waals surface area contributed by atoms with Crippen molar-refractivity contribution >= 4 is 23.4 Å². The summed E-state index contributed by atoms with van der Waals surface area (Å²) in [5.41, 5.74) is -0.284. The second-order valence-corrected chi connectivity index (χ2v) is 5.83. The number of ether oxygens (including phenoxy) is 2. The zero-order chi connectivity index (χ0) is 15.8. The molecule has 0 spiro atoms. The van der Waals surface area contributed by atoms with Gasteiger partial charge in [0.2, 0.25) is 5.75 Å². The molecule has 0 radical (unpaired) electrons. The number of esters is 1. The maximum absolute atomic E-state index is 11.9. The number of methoxy groups -OCH3 is 1. The van der Waals surface area contributed by atoms with E-state index in [1.54, 1.807) is 6.92 Å². The van der Waals surface area contributed by atoms with Gasteiger partial charge in [-0.3, -0.25) is 14.9 Å². The molecule has 0 aliphatic carbocycles. The second kappa shape index (κ2) is 8.51. The molecule has 0 saturated carbocycles. The normalized spacial score (nSPS) is 11.8. The Morgan fingerprint density at radius 1 is 1.48 bits per heavy atom. The van der Waals surface area contributed by atoms with Crippen molar-refractivity contribution in [3.8, 4) is 11.5 Å². The van der Waals surface area contributed by atoms with Gasteiger partial charge in [0.25, 0.3) is 0 Å². The number of carbonyl (C=O) groups excluding carboxylic acids is 1. The van der Waals surface area contributed by atoms with Gasteiger partial charge < -0.3 is 9.47 Å². The Balaban J connectivity index is 2.77. The molecule has 6 nitrogen and oxygen atoms in total. The van der Waals surface area contributed by atoms with Crippen LogP contribution < -0.4 is 9.47 Å². The molecule has 0 saturated heterocycles. The number of nitro benzene ring substituents is 1. The fraction of sp³-hybridized carbons (Fsp3) is 0.500. The third kappa shape index (κ3) is 5.26. The average molecular weight is 313 g/mol. The molecule has 1 unspecified atom stereocenters. The quantitative estimate of drug-likeness (QED) is 0.240. The maximum atomic E-state index is 11.9. The van der Waals surface area contributed by atoms with E-state index >= 15 is 0 Å². The van der Waals surface area contributed by atoms with Crippen molar-refractivity contribution in [3.05, 3.63) is 28.3 Å². The van der Waals surface area contributed by atoms with Crippen molar-refractivity contribution in [3.63, 3.8) is 0 Å². The van der Waals surface area contributed by atoms with Crippen LogP contribution in [0.15, 0.2) is 18.2 Å². The van der Waals surface area contributed by atoms with Gasteiger partial charge in [0.15, 0.2) is 0 Å². The van der Waals surface area contributed by atoms with Crippen molar-refractivity contribution in [2.45, 2.75) is 31.9 Å². The molecule has 1 aromatic rings. The van der Waals surface area contributed by atoms with E-state index in [0.29, 0.717) is 5.75 Å². The Kier molecular flexibility index (Phi) is 7.01. The lowest BCUT2D eigenvalue weighted by molar-refractivity contribution is -0.385. The zero-order valence-electron chi connectivity index (χ0n) is 12.3. The minimum atomic E-state index is -0.597. The van der Waals surface area contributed by atoms with E-state index in [1.807, 2.05) is 0 Å². The van der Waals surface area contributed by atoms with Gasteiger partial charge in [-0.05, 0) is 31.2 Å². The van der Waals surface area contributed by atoms with Gasteiger partial charge in [0.1, 0.15) is 11.0 Å². The SMILES string of the molecule is CCCCSC(C)C(=O)Oc1ccc(OC)cc1[N+](=O)[O-]. The summed E-state index contributed by atoms with van der Waals surface area (Å²) in [6.45, 7) is 3.81. The summed E-state index contributed by atoms with van der Waals surface area (Å²) in [4.78, 5) is 22.3. The van der Waals surface area contributed by atoms with Gasteiger partial charge in [-0.25, -0.2) is 0 Å². The zero-order valence-corrected chi connectivity index (χ0v) is 13.1. The van der Waals surface area contributed by atoms with Crippen LogP contribution in [0.2, 0.25) is 0 Å². The highest BCUT2D eigenvalue weighted by Crippen LogP contribution is 2.31. The molecule has 0 N–H and O–H groups in total. The Morgan fingerprint density at radius 2 is 2.19 bits per heavy atom. The topological polar surface area (TPSA) is 78.7 Å². The average Bonchev–Trinajstić information content (AvgIpc) is 2.47. The number of hydrogen-bond donors (Lipinski definition) is 0. The predicted molar refractivity (Wildman–Crippen MR) is 82.1 cm³/mol. The lowest BCUT2D eigenvalue weighted by atomic mass is 10.3. The molecule has 0 bridgehead atoms. The molecule has 1 aromatic carbocycles. The number of thioether (sulfide) groups is 1. The Hall–Kier alpha value is -1.76. The van der Waals surface area contributed by atoms with Crippen LogP contribution in [-0.2, 0) is 4.79 Å². The van der Waals surface area contributed by atoms with E-state index in [1.165, 1.54) is 37.1 Å². The molecule has 21 heavy (non-hydrogen) atoms. The molecule has 0 fully saturated rings. The first-order valence-corrected chi connectivity index (χ1v) is 7.70. The van der Waals surface area contributed by atoms with E-state index in [2.05, 4.69) is 6.92 Å². The van der Waals surface area contributed by atoms with Crippen molar-refractivity contribution in [2.24, 2.45) is 0 Å². The summed E-state index contributed by atoms with van der Waals surface area (Å²) in [7, 11) is 1.41. The van der Waals surface area contributed by atoms with Crippen LogP contribution in [0.1, 0.15) is 26.7 Å². The molecule has 1 rings (SSSR count). The Morgan fingerprint density at radius 3 is 2.76 bits per heavy atom. The monoisotopic (exact) mass is 313 g/mol. The van der Waals surface area contributed by atoms with Crippen molar-refractivity contribution < 1.29 is 19.2 Å². The number of nitro groups is 1. The van der Waals surface area contributed by atoms with Crippen LogP contribution in [0.4, 0.5) is 5.69 Å². The molecular weight excluding hydrogens is 294 g/mol. The largest absolute Gasteiger partial charge is 0.496 e. The van der Waals surface area contributed by atoms with E-state index in [9.17, 15) is 14.9 Å². The van der Waals surface area contributed by atoms with Crippen molar-refractivity contribution in [2.75, 3.05) is 12.9 Å². The number of carbonyl (C=O) groups is 1. The molecule has 0 aliphatic heterocycles. The third-order valence-corrected chi connectivity index (χ3v) is 3.99. The van der Waals surface area contributed by atoms with Gasteiger partial charge in [-0.15, -0.1) is 11.8 Å². The fourth-order valence-electron chi connectivity index (χ4n) is 1.52. The van der Waals surface area contributed by atoms with E-state index < -0.39 is 10.9 Å². The summed E-state index contributed by atoms with van der Waals surface area (Å²) in [6, 6.07) is 4.13. The standard InChI is InChI=1S/C14H19NO5S/c1-4-5-8-21-10(2)14(16)20-13-7-6-11(19-3)9-12(13)15(17)18/h6-7,9-10H,4-5,8H2,1-3H3. The summed E-state index contributed by atoms with van der Waals surface area (Å²) in [6.07, 6.45) is 2.07. The van der Waals surface area contributed by atoms with Crippen LogP contribution in [0, 0.1) is 10.1 Å². The maximum Gasteiger partial charge on any atom is 0.324 e. The molecule has 116 valence electrons. The van der Waals surface area contributed by atoms with E-state index in [0.717, 1.165) is 18.6 Å². The predicted octanol–water partition coefficient (Wildman–Crippen LogP) is 3.43. The minimum Gasteiger partial charge on any atom is -0.496 e. The lowest BCUT2D eigenvalue weighted by Gasteiger charge is -2.11. The van der Waals surface area contributed by atoms with Gasteiger partial charge in [-0.2, -0.15) is 0 Å². The number of unbranched alkanes of at least 4 members (excludes halogenated alkanes) is 1. The van der Waals surface area contributed by atoms with E-state index in [-0.39, 0.29) is 16.7 Å². The molecule has 7 heteroatoms. The van der Waals surface area contributed by atoms with Crippen LogP contribution in [-0.4, -0.2) is 29.0 Å². The third-order valence-electron chi connectivity index (χ3n) is 2.77. The number of nitrogens with zero attached hydrogens (tertiary/aromatic N) is 1. The summed E-state index contributed by atoms with van der Waals surface area (Å²) >= 11 is 1.48. The van der Waals surface area contributed by atoms with Gasteiger partial charge >= 0.3 is 11.7 Å². The summed E-state index contributed by atoms with van der Waals surface area (Å²) < 4.78 is 10.1. The van der Waals surface area contributed by atoms with Gasteiger partial charge in [0, 0.05) is 0 Å². The highest BCUT2D eigenvalue weighted by atomic mass is 32.2. The van der Waals surface area contributed by atoms with Crippen LogP contribution >= 0.6 is 11.8 Å². The van der Waals surface area contributed by atoms with Crippen LogP contribution in [0.25, 0.3) is 0 Å². The summed E-state index contributed by atoms with van der Waals surface area (Å²) in [5.74, 6) is 0.655. The fourth-order valence-corrected chi connectivity index (χ4v) is 2.51. The molecule has 0 amide bonds. The number of hydrogen-bond acceptors (Lipinski definition) is 6. The Labute approximate surface area is 128 Å². The van der Waals surface area contributed by atoms with Gasteiger partial charge in [-0.1, -0.05) is 13.3 Å². The number of benzene rings is 1. The minimum absolute atomic E-state index is 0.0614. The van der Waals surface area contributed by atoms with Crippen LogP contribution in [0.5, 0.6) is 11.5 Å². The highest BCUT2D eigenvalue weighted by molar-refractivity contribution is 8.00. The first-order valence-electron chi connectivity index (χ1n) is 6.65. The molecule has 0 heterocycles. The van der Waals surface area contributed by atoms with Crippen LogP contribution in [0.3, 0.4) is 0 Å². The molecule has 1 atom stereocenters. The first kappa shape index (κ1) is 17.3.